The van der Waals surface area contributed by atoms with Gasteiger partial charge in [0.05, 0.1) is 5.56 Å². The number of nitrogens with one attached hydrogen (secondary N) is 2. The van der Waals surface area contributed by atoms with Crippen molar-refractivity contribution in [3.05, 3.63) is 35.4 Å². The maximum Gasteiger partial charge on any atom is 0.416 e. The van der Waals surface area contributed by atoms with E-state index in [4.69, 9.17) is 0 Å². The molecule has 0 aromatic heterocycles. The van der Waals surface area contributed by atoms with Gasteiger partial charge in [0.25, 0.3) is 0 Å². The van der Waals surface area contributed by atoms with Crippen LogP contribution in [-0.2, 0) is 11.0 Å². The average Bonchev–Trinajstić information content (AvgIpc) is 2.36. The van der Waals surface area contributed by atoms with E-state index in [2.05, 4.69) is 10.6 Å². The Morgan fingerprint density at radius 2 is 2.09 bits per heavy atom. The summed E-state index contributed by atoms with van der Waals surface area (Å²) in [6.45, 7) is 4.20. The van der Waals surface area contributed by atoms with Crippen molar-refractivity contribution in [2.75, 3.05) is 19.6 Å². The van der Waals surface area contributed by atoms with Gasteiger partial charge < -0.3 is 10.6 Å². The van der Waals surface area contributed by atoms with Crippen molar-refractivity contribution >= 4 is 18.3 Å². The predicted octanol–water partition coefficient (Wildman–Crippen LogP) is 2.96. The van der Waals surface area contributed by atoms with Crippen molar-refractivity contribution in [1.29, 1.82) is 0 Å². The summed E-state index contributed by atoms with van der Waals surface area (Å²) in [6, 6.07) is 5.17. The van der Waals surface area contributed by atoms with E-state index in [1.807, 2.05) is 0 Å². The fourth-order valence-corrected chi connectivity index (χ4v) is 2.24. The number of rotatable bonds is 5. The fraction of sp³-hybridized carbons (Fsp3) is 0.533. The van der Waals surface area contributed by atoms with Gasteiger partial charge in [-0.05, 0) is 17.5 Å². The van der Waals surface area contributed by atoms with Crippen molar-refractivity contribution in [1.82, 2.24) is 10.6 Å². The zero-order chi connectivity index (χ0) is 15.5. The van der Waals surface area contributed by atoms with Crippen LogP contribution in [-0.4, -0.2) is 25.5 Å². The highest BCUT2D eigenvalue weighted by molar-refractivity contribution is 5.85. The van der Waals surface area contributed by atoms with Gasteiger partial charge in [0, 0.05) is 32.0 Å². The number of alkyl halides is 3. The van der Waals surface area contributed by atoms with Gasteiger partial charge in [-0.15, -0.1) is 12.4 Å². The number of amides is 1. The number of carbonyl (C=O) groups excluding carboxylic acids is 1. The van der Waals surface area contributed by atoms with Crippen LogP contribution in [0.15, 0.2) is 24.3 Å². The standard InChI is InChI=1S/C15H19F3N2O.ClH/c1-10(5-14(21)20-9-11-7-19-8-11)12-3-2-4-13(6-12)15(16,17)18;/h2-4,6,10-11,19H,5,7-9H2,1H3,(H,20,21);1H. The average molecular weight is 337 g/mol. The van der Waals surface area contributed by atoms with Gasteiger partial charge >= 0.3 is 6.18 Å². The van der Waals surface area contributed by atoms with Crippen LogP contribution < -0.4 is 10.6 Å². The summed E-state index contributed by atoms with van der Waals surface area (Å²) in [6.07, 6.45) is -4.16. The molecule has 1 unspecified atom stereocenters. The third-order valence-corrected chi connectivity index (χ3v) is 3.73. The highest BCUT2D eigenvalue weighted by atomic mass is 35.5. The van der Waals surface area contributed by atoms with Crippen LogP contribution in [0, 0.1) is 5.92 Å². The second-order valence-corrected chi connectivity index (χ2v) is 5.56. The molecule has 2 rings (SSSR count). The van der Waals surface area contributed by atoms with Crippen LogP contribution in [0.5, 0.6) is 0 Å². The van der Waals surface area contributed by atoms with Crippen LogP contribution in [0.1, 0.15) is 30.4 Å². The molecule has 0 bridgehead atoms. The molecule has 0 aliphatic carbocycles. The third kappa shape index (κ3) is 5.18. The molecule has 2 N–H and O–H groups in total. The smallest absolute Gasteiger partial charge is 0.356 e. The summed E-state index contributed by atoms with van der Waals surface area (Å²) in [4.78, 5) is 11.8. The normalized spacial score (nSPS) is 16.4. The third-order valence-electron chi connectivity index (χ3n) is 3.73. The SMILES string of the molecule is CC(CC(=O)NCC1CNC1)c1cccc(C(F)(F)F)c1.Cl. The lowest BCUT2D eigenvalue weighted by Gasteiger charge is -2.27. The molecule has 1 heterocycles. The molecular weight excluding hydrogens is 317 g/mol. The van der Waals surface area contributed by atoms with E-state index in [1.54, 1.807) is 13.0 Å². The van der Waals surface area contributed by atoms with E-state index in [0.717, 1.165) is 25.2 Å². The number of benzene rings is 1. The molecular formula is C15H20ClF3N2O. The summed E-state index contributed by atoms with van der Waals surface area (Å²) in [5.74, 6) is 0.108. The maximum atomic E-state index is 12.7. The zero-order valence-corrected chi connectivity index (χ0v) is 13.1. The molecule has 7 heteroatoms. The first-order chi connectivity index (χ1) is 9.86. The summed E-state index contributed by atoms with van der Waals surface area (Å²) in [7, 11) is 0. The van der Waals surface area contributed by atoms with Gasteiger partial charge in [0.1, 0.15) is 0 Å². The van der Waals surface area contributed by atoms with E-state index < -0.39 is 11.7 Å². The number of hydrogen-bond donors (Lipinski definition) is 2. The van der Waals surface area contributed by atoms with E-state index in [1.165, 1.54) is 6.07 Å². The van der Waals surface area contributed by atoms with Crippen molar-refractivity contribution in [2.45, 2.75) is 25.4 Å². The molecule has 3 nitrogen and oxygen atoms in total. The van der Waals surface area contributed by atoms with Gasteiger partial charge in [-0.1, -0.05) is 25.1 Å². The zero-order valence-electron chi connectivity index (χ0n) is 12.2. The Morgan fingerprint density at radius 3 is 2.64 bits per heavy atom. The van der Waals surface area contributed by atoms with Crippen LogP contribution in [0.4, 0.5) is 13.2 Å². The quantitative estimate of drug-likeness (QED) is 0.868. The van der Waals surface area contributed by atoms with Gasteiger partial charge in [0.15, 0.2) is 0 Å². The Bertz CT molecular complexity index is 504. The second kappa shape index (κ2) is 7.83. The van der Waals surface area contributed by atoms with Crippen molar-refractivity contribution in [3.63, 3.8) is 0 Å². The molecule has 124 valence electrons. The van der Waals surface area contributed by atoms with E-state index in [9.17, 15) is 18.0 Å². The van der Waals surface area contributed by atoms with Gasteiger partial charge in [-0.2, -0.15) is 13.2 Å². The number of hydrogen-bond acceptors (Lipinski definition) is 2. The lowest BCUT2D eigenvalue weighted by Crippen LogP contribution is -2.48. The monoisotopic (exact) mass is 336 g/mol. The van der Waals surface area contributed by atoms with E-state index in [0.29, 0.717) is 18.0 Å². The Hall–Kier alpha value is -1.27. The molecule has 0 spiro atoms. The summed E-state index contributed by atoms with van der Waals surface area (Å²) < 4.78 is 38.0. The molecule has 0 saturated carbocycles. The van der Waals surface area contributed by atoms with Crippen LogP contribution in [0.2, 0.25) is 0 Å². The minimum Gasteiger partial charge on any atom is -0.356 e. The van der Waals surface area contributed by atoms with Gasteiger partial charge in [0.2, 0.25) is 5.91 Å². The molecule has 22 heavy (non-hydrogen) atoms. The summed E-state index contributed by atoms with van der Waals surface area (Å²) in [5.41, 5.74) is -0.141. The lowest BCUT2D eigenvalue weighted by molar-refractivity contribution is -0.137. The number of halogens is 4. The second-order valence-electron chi connectivity index (χ2n) is 5.56. The van der Waals surface area contributed by atoms with Crippen molar-refractivity contribution < 1.29 is 18.0 Å². The minimum absolute atomic E-state index is 0. The largest absolute Gasteiger partial charge is 0.416 e. The fourth-order valence-electron chi connectivity index (χ4n) is 2.24. The molecule has 1 aliphatic rings. The molecule has 1 aliphatic heterocycles. The van der Waals surface area contributed by atoms with Crippen molar-refractivity contribution in [2.24, 2.45) is 5.92 Å². The number of carbonyl (C=O) groups is 1. The topological polar surface area (TPSA) is 41.1 Å². The van der Waals surface area contributed by atoms with E-state index in [-0.39, 0.29) is 30.7 Å². The van der Waals surface area contributed by atoms with Crippen molar-refractivity contribution in [3.8, 4) is 0 Å². The molecule has 1 aromatic rings. The summed E-state index contributed by atoms with van der Waals surface area (Å²) in [5, 5.41) is 5.94. The first-order valence-corrected chi connectivity index (χ1v) is 7.01. The first kappa shape index (κ1) is 18.8. The minimum atomic E-state index is -4.35. The first-order valence-electron chi connectivity index (χ1n) is 7.01. The lowest BCUT2D eigenvalue weighted by atomic mass is 9.95. The molecule has 1 atom stereocenters. The van der Waals surface area contributed by atoms with E-state index >= 15 is 0 Å². The molecule has 1 amide bonds. The maximum absolute atomic E-state index is 12.7. The van der Waals surface area contributed by atoms with Crippen LogP contribution in [0.3, 0.4) is 0 Å². The molecule has 1 saturated heterocycles. The Kier molecular flexibility index (Phi) is 6.68. The highest BCUT2D eigenvalue weighted by Crippen LogP contribution is 2.31. The molecule has 1 fully saturated rings. The Labute approximate surface area is 134 Å². The predicted molar refractivity (Wildman–Crippen MR) is 81.1 cm³/mol. The molecule has 0 radical (unpaired) electrons. The van der Waals surface area contributed by atoms with Crippen LogP contribution in [0.25, 0.3) is 0 Å². The Balaban J connectivity index is 0.00000242. The Morgan fingerprint density at radius 1 is 1.41 bits per heavy atom. The molecule has 1 aromatic carbocycles. The van der Waals surface area contributed by atoms with Crippen LogP contribution >= 0.6 is 12.4 Å². The highest BCUT2D eigenvalue weighted by Gasteiger charge is 2.30. The van der Waals surface area contributed by atoms with Gasteiger partial charge in [-0.25, -0.2) is 0 Å². The van der Waals surface area contributed by atoms with Gasteiger partial charge in [-0.3, -0.25) is 4.79 Å². The summed E-state index contributed by atoms with van der Waals surface area (Å²) >= 11 is 0.